The second-order valence-electron chi connectivity index (χ2n) is 17.5. The molecular weight excluding hydrogens is 707 g/mol. The summed E-state index contributed by atoms with van der Waals surface area (Å²) in [5.74, 6) is -0.0525. The van der Waals surface area contributed by atoms with Gasteiger partial charge in [-0.2, -0.15) is 0 Å². The van der Waals surface area contributed by atoms with E-state index < -0.39 is 12.1 Å². The zero-order valence-electron chi connectivity index (χ0n) is 38.3. The normalized spacial score (nSPS) is 12.7. The van der Waals surface area contributed by atoms with Gasteiger partial charge in [-0.15, -0.1) is 0 Å². The number of unbranched alkanes of at least 4 members (excludes halogenated alkanes) is 34. The number of aliphatic hydroxyl groups is 2. The quantitative estimate of drug-likeness (QED) is 0.0323. The summed E-state index contributed by atoms with van der Waals surface area (Å²) in [5, 5.41) is 23.1. The minimum Gasteiger partial charge on any atom is -0.466 e. The van der Waals surface area contributed by atoms with E-state index in [0.717, 1.165) is 51.4 Å². The van der Waals surface area contributed by atoms with E-state index in [2.05, 4.69) is 31.3 Å². The fraction of sp³-hybridized carbons (Fsp3) is 0.922. The maximum Gasteiger partial charge on any atom is 0.305 e. The molecule has 0 aliphatic rings. The number of rotatable bonds is 47. The Morgan fingerprint density at radius 1 is 0.474 bits per heavy atom. The van der Waals surface area contributed by atoms with Crippen LogP contribution in [0.25, 0.3) is 0 Å². The second kappa shape index (κ2) is 47.3. The highest BCUT2D eigenvalue weighted by Gasteiger charge is 2.20. The SMILES string of the molecule is CCCCCCCC/C=C\CCCCCCCC(=O)OCCCCCCCCCCCCCCCCCC(=O)NC(CO)C(O)CCCCCCCCCCCC. The van der Waals surface area contributed by atoms with Crippen LogP contribution in [0.5, 0.6) is 0 Å². The summed E-state index contributed by atoms with van der Waals surface area (Å²) in [6, 6.07) is -0.545. The summed E-state index contributed by atoms with van der Waals surface area (Å²) >= 11 is 0. The van der Waals surface area contributed by atoms with Gasteiger partial charge in [0.25, 0.3) is 0 Å². The van der Waals surface area contributed by atoms with Gasteiger partial charge in [0.05, 0.1) is 25.4 Å². The molecule has 0 spiro atoms. The minimum atomic E-state index is -0.667. The van der Waals surface area contributed by atoms with Gasteiger partial charge in [0, 0.05) is 12.8 Å². The average Bonchev–Trinajstić information content (AvgIpc) is 3.21. The number of allylic oxidation sites excluding steroid dienone is 2. The van der Waals surface area contributed by atoms with Crippen LogP contribution in [-0.4, -0.2) is 47.4 Å². The first-order chi connectivity index (χ1) is 28.0. The van der Waals surface area contributed by atoms with E-state index in [1.54, 1.807) is 0 Å². The molecule has 0 bridgehead atoms. The molecule has 0 aromatic heterocycles. The maximum absolute atomic E-state index is 12.4. The van der Waals surface area contributed by atoms with Crippen LogP contribution < -0.4 is 5.32 Å². The van der Waals surface area contributed by atoms with E-state index in [4.69, 9.17) is 4.74 Å². The molecule has 2 atom stereocenters. The molecule has 0 heterocycles. The van der Waals surface area contributed by atoms with Crippen molar-refractivity contribution in [2.45, 2.75) is 289 Å². The lowest BCUT2D eigenvalue weighted by Gasteiger charge is -2.22. The van der Waals surface area contributed by atoms with E-state index in [1.807, 2.05) is 0 Å². The number of hydrogen-bond acceptors (Lipinski definition) is 5. The van der Waals surface area contributed by atoms with E-state index in [1.165, 1.54) is 193 Å². The van der Waals surface area contributed by atoms with E-state index >= 15 is 0 Å². The molecule has 6 heteroatoms. The molecule has 6 nitrogen and oxygen atoms in total. The lowest BCUT2D eigenvalue weighted by Crippen LogP contribution is -2.45. The third-order valence-corrected chi connectivity index (χ3v) is 11.8. The van der Waals surface area contributed by atoms with Gasteiger partial charge in [-0.3, -0.25) is 9.59 Å². The fourth-order valence-corrected chi connectivity index (χ4v) is 7.87. The molecule has 0 fully saturated rings. The van der Waals surface area contributed by atoms with E-state index in [9.17, 15) is 19.8 Å². The average molecular weight is 806 g/mol. The van der Waals surface area contributed by atoms with Gasteiger partial charge in [0.2, 0.25) is 5.91 Å². The Kier molecular flexibility index (Phi) is 46.1. The Bertz CT molecular complexity index is 847. The fourth-order valence-electron chi connectivity index (χ4n) is 7.87. The molecule has 57 heavy (non-hydrogen) atoms. The third-order valence-electron chi connectivity index (χ3n) is 11.8. The number of esters is 1. The Labute approximate surface area is 355 Å². The van der Waals surface area contributed by atoms with Crippen LogP contribution in [0.1, 0.15) is 277 Å². The predicted octanol–water partition coefficient (Wildman–Crippen LogP) is 15.0. The topological polar surface area (TPSA) is 95.9 Å². The van der Waals surface area contributed by atoms with Crippen LogP contribution in [0.2, 0.25) is 0 Å². The first kappa shape index (κ1) is 55.6. The zero-order chi connectivity index (χ0) is 41.5. The molecule has 0 saturated carbocycles. The predicted molar refractivity (Wildman–Crippen MR) is 246 cm³/mol. The molecule has 338 valence electrons. The summed E-state index contributed by atoms with van der Waals surface area (Å²) in [6.45, 7) is 4.91. The number of ether oxygens (including phenoxy) is 1. The van der Waals surface area contributed by atoms with Crippen molar-refractivity contribution in [3.8, 4) is 0 Å². The van der Waals surface area contributed by atoms with Crippen molar-refractivity contribution < 1.29 is 24.5 Å². The number of hydrogen-bond donors (Lipinski definition) is 3. The van der Waals surface area contributed by atoms with Gasteiger partial charge in [-0.1, -0.05) is 225 Å². The Balaban J connectivity index is 3.41. The highest BCUT2D eigenvalue weighted by Crippen LogP contribution is 2.16. The van der Waals surface area contributed by atoms with Crippen molar-refractivity contribution in [3.05, 3.63) is 12.2 Å². The summed E-state index contributed by atoms with van der Waals surface area (Å²) in [4.78, 5) is 24.4. The van der Waals surface area contributed by atoms with Crippen LogP contribution in [-0.2, 0) is 14.3 Å². The summed E-state index contributed by atoms with van der Waals surface area (Å²) < 4.78 is 5.46. The highest BCUT2D eigenvalue weighted by molar-refractivity contribution is 5.76. The van der Waals surface area contributed by atoms with Gasteiger partial charge in [0.15, 0.2) is 0 Å². The molecule has 0 saturated heterocycles. The summed E-state index contributed by atoms with van der Waals surface area (Å²) in [6.07, 6.45) is 53.2. The molecule has 0 aromatic carbocycles. The molecular formula is C51H99NO5. The van der Waals surface area contributed by atoms with E-state index in [0.29, 0.717) is 25.9 Å². The van der Waals surface area contributed by atoms with E-state index in [-0.39, 0.29) is 18.5 Å². The number of amides is 1. The first-order valence-corrected chi connectivity index (χ1v) is 25.4. The van der Waals surface area contributed by atoms with Crippen molar-refractivity contribution >= 4 is 11.9 Å². The number of aliphatic hydroxyl groups excluding tert-OH is 2. The molecule has 0 aromatic rings. The number of nitrogens with one attached hydrogen (secondary N) is 1. The number of carbonyl (C=O) groups is 2. The molecule has 0 radical (unpaired) electrons. The lowest BCUT2D eigenvalue weighted by molar-refractivity contribution is -0.143. The van der Waals surface area contributed by atoms with Crippen LogP contribution in [0, 0.1) is 0 Å². The highest BCUT2D eigenvalue weighted by atomic mass is 16.5. The zero-order valence-corrected chi connectivity index (χ0v) is 38.3. The van der Waals surface area contributed by atoms with Crippen molar-refractivity contribution in [3.63, 3.8) is 0 Å². The van der Waals surface area contributed by atoms with Crippen LogP contribution in [0.15, 0.2) is 12.2 Å². The van der Waals surface area contributed by atoms with Gasteiger partial charge in [-0.05, 0) is 51.4 Å². The van der Waals surface area contributed by atoms with Crippen molar-refractivity contribution in [2.75, 3.05) is 13.2 Å². The largest absolute Gasteiger partial charge is 0.466 e. The van der Waals surface area contributed by atoms with Crippen molar-refractivity contribution in [1.29, 1.82) is 0 Å². The lowest BCUT2D eigenvalue weighted by atomic mass is 10.0. The molecule has 0 rings (SSSR count). The summed E-state index contributed by atoms with van der Waals surface area (Å²) in [5.41, 5.74) is 0. The van der Waals surface area contributed by atoms with Crippen LogP contribution >= 0.6 is 0 Å². The molecule has 2 unspecified atom stereocenters. The third kappa shape index (κ3) is 44.0. The Hall–Kier alpha value is -1.40. The summed E-state index contributed by atoms with van der Waals surface area (Å²) in [7, 11) is 0. The van der Waals surface area contributed by atoms with Crippen LogP contribution in [0.4, 0.5) is 0 Å². The second-order valence-corrected chi connectivity index (χ2v) is 17.5. The standard InChI is InChI=1S/C51H99NO5/c1-3-5-7-9-11-13-15-16-18-22-25-29-33-37-41-45-51(56)57-46-42-38-34-30-26-23-20-17-19-21-24-28-32-36-40-44-50(55)52-48(47-53)49(54)43-39-35-31-27-14-12-10-8-6-4-2/h16,18,48-49,53-54H,3-15,17,19-47H2,1-2H3,(H,52,55)/b18-16-. The number of carbonyl (C=O) groups excluding carboxylic acids is 2. The van der Waals surface area contributed by atoms with Gasteiger partial charge < -0.3 is 20.3 Å². The van der Waals surface area contributed by atoms with Gasteiger partial charge in [0.1, 0.15) is 0 Å². The van der Waals surface area contributed by atoms with Crippen molar-refractivity contribution in [1.82, 2.24) is 5.32 Å². The molecule has 0 aliphatic carbocycles. The Morgan fingerprint density at radius 3 is 1.25 bits per heavy atom. The van der Waals surface area contributed by atoms with Gasteiger partial charge in [-0.25, -0.2) is 0 Å². The molecule has 0 aliphatic heterocycles. The van der Waals surface area contributed by atoms with Gasteiger partial charge >= 0.3 is 5.97 Å². The minimum absolute atomic E-state index is 0.00736. The molecule has 1 amide bonds. The maximum atomic E-state index is 12.4. The van der Waals surface area contributed by atoms with Crippen molar-refractivity contribution in [2.24, 2.45) is 0 Å². The smallest absolute Gasteiger partial charge is 0.305 e. The molecule has 3 N–H and O–H groups in total. The first-order valence-electron chi connectivity index (χ1n) is 25.4. The Morgan fingerprint density at radius 2 is 0.825 bits per heavy atom. The monoisotopic (exact) mass is 806 g/mol. The van der Waals surface area contributed by atoms with Crippen LogP contribution in [0.3, 0.4) is 0 Å².